The van der Waals surface area contributed by atoms with E-state index in [1.807, 2.05) is 35.7 Å². The molecule has 0 bridgehead atoms. The van der Waals surface area contributed by atoms with Crippen molar-refractivity contribution in [2.24, 2.45) is 0 Å². The van der Waals surface area contributed by atoms with Gasteiger partial charge >= 0.3 is 0 Å². The number of rotatable bonds is 5. The van der Waals surface area contributed by atoms with Crippen molar-refractivity contribution in [1.29, 1.82) is 0 Å². The van der Waals surface area contributed by atoms with E-state index in [1.165, 1.54) is 34.2 Å². The van der Waals surface area contributed by atoms with Crippen LogP contribution in [0.2, 0.25) is 0 Å². The van der Waals surface area contributed by atoms with E-state index in [1.54, 1.807) is 16.7 Å². The lowest BCUT2D eigenvalue weighted by atomic mass is 10.1. The van der Waals surface area contributed by atoms with Gasteiger partial charge in [0.1, 0.15) is 0 Å². The Balaban J connectivity index is 1.55. The van der Waals surface area contributed by atoms with Gasteiger partial charge in [-0.2, -0.15) is 0 Å². The van der Waals surface area contributed by atoms with Crippen LogP contribution in [0.5, 0.6) is 0 Å². The van der Waals surface area contributed by atoms with E-state index >= 15 is 0 Å². The normalized spacial score (nSPS) is 11.3. The minimum Gasteiger partial charge on any atom is -0.270 e. The first-order chi connectivity index (χ1) is 15.1. The molecule has 6 nitrogen and oxygen atoms in total. The van der Waals surface area contributed by atoms with E-state index < -0.39 is 0 Å². The maximum absolute atomic E-state index is 12.3. The lowest BCUT2D eigenvalue weighted by molar-refractivity contribution is 0.883. The Morgan fingerprint density at radius 2 is 1.84 bits per heavy atom. The van der Waals surface area contributed by atoms with Gasteiger partial charge in [0, 0.05) is 29.0 Å². The Labute approximate surface area is 187 Å². The van der Waals surface area contributed by atoms with Crippen LogP contribution in [0.3, 0.4) is 0 Å². The van der Waals surface area contributed by atoms with Gasteiger partial charge in [0.25, 0.3) is 5.56 Å². The standard InChI is InChI=1S/C23H19N5OS2/c1-15-8-9-19(12-16(15)2)28-21(17-6-4-3-5-7-17)25-26-23(28)31-14-18-13-20(29)27-10-11-30-22(27)24-18/h3-13H,14H2,1-2H3. The number of fused-ring (bicyclic) bond motifs is 1. The van der Waals surface area contributed by atoms with Crippen LogP contribution in [0.25, 0.3) is 22.0 Å². The predicted octanol–water partition coefficient (Wildman–Crippen LogP) is 4.91. The lowest BCUT2D eigenvalue weighted by Gasteiger charge is -2.12. The van der Waals surface area contributed by atoms with E-state index in [0.717, 1.165) is 27.9 Å². The molecule has 0 saturated heterocycles. The second-order valence-electron chi connectivity index (χ2n) is 7.21. The Morgan fingerprint density at radius 3 is 2.65 bits per heavy atom. The van der Waals surface area contributed by atoms with Crippen molar-refractivity contribution in [2.45, 2.75) is 24.8 Å². The summed E-state index contributed by atoms with van der Waals surface area (Å²) in [4.78, 5) is 17.6. The summed E-state index contributed by atoms with van der Waals surface area (Å²) in [6.07, 6.45) is 1.74. The highest BCUT2D eigenvalue weighted by atomic mass is 32.2. The average Bonchev–Trinajstić information content (AvgIpc) is 3.42. The molecule has 0 saturated carbocycles. The summed E-state index contributed by atoms with van der Waals surface area (Å²) in [6, 6.07) is 18.0. The van der Waals surface area contributed by atoms with E-state index in [4.69, 9.17) is 0 Å². The number of thiazole rings is 1. The fraction of sp³-hybridized carbons (Fsp3) is 0.130. The van der Waals surface area contributed by atoms with Gasteiger partial charge in [-0.1, -0.05) is 48.2 Å². The number of nitrogens with zero attached hydrogens (tertiary/aromatic N) is 5. The Kier molecular flexibility index (Phi) is 5.17. The summed E-state index contributed by atoms with van der Waals surface area (Å²) in [5, 5.41) is 11.6. The van der Waals surface area contributed by atoms with Crippen molar-refractivity contribution in [2.75, 3.05) is 0 Å². The van der Waals surface area contributed by atoms with Crippen molar-refractivity contribution in [3.63, 3.8) is 0 Å². The van der Waals surface area contributed by atoms with Gasteiger partial charge in [0.05, 0.1) is 11.4 Å². The third kappa shape index (κ3) is 3.80. The zero-order valence-corrected chi connectivity index (χ0v) is 18.7. The second kappa shape index (κ2) is 8.13. The topological polar surface area (TPSA) is 65.1 Å². The van der Waals surface area contributed by atoms with Gasteiger partial charge in [-0.15, -0.1) is 21.5 Å². The van der Waals surface area contributed by atoms with Gasteiger partial charge in [-0.05, 0) is 37.1 Å². The smallest absolute Gasteiger partial charge is 0.258 e. The molecular formula is C23H19N5OS2. The first-order valence-electron chi connectivity index (χ1n) is 9.77. The van der Waals surface area contributed by atoms with Crippen LogP contribution in [0.15, 0.2) is 76.1 Å². The Hall–Kier alpha value is -3.23. The molecule has 0 N–H and O–H groups in total. The fourth-order valence-corrected chi connectivity index (χ4v) is 4.92. The van der Waals surface area contributed by atoms with Gasteiger partial charge in [-0.3, -0.25) is 13.8 Å². The minimum atomic E-state index is -0.0672. The monoisotopic (exact) mass is 445 g/mol. The number of hydrogen-bond acceptors (Lipinski definition) is 6. The van der Waals surface area contributed by atoms with Crippen LogP contribution in [-0.2, 0) is 5.75 Å². The van der Waals surface area contributed by atoms with Gasteiger partial charge < -0.3 is 0 Å². The third-order valence-electron chi connectivity index (χ3n) is 5.12. The molecule has 3 heterocycles. The second-order valence-corrected chi connectivity index (χ2v) is 9.02. The van der Waals surface area contributed by atoms with Crippen LogP contribution >= 0.6 is 23.1 Å². The first-order valence-corrected chi connectivity index (χ1v) is 11.6. The molecule has 0 fully saturated rings. The van der Waals surface area contributed by atoms with Crippen molar-refractivity contribution in [3.05, 3.63) is 93.3 Å². The van der Waals surface area contributed by atoms with Crippen molar-refractivity contribution in [1.82, 2.24) is 24.1 Å². The molecule has 5 aromatic rings. The number of benzene rings is 2. The molecule has 0 amide bonds. The molecule has 0 atom stereocenters. The highest BCUT2D eigenvalue weighted by Gasteiger charge is 2.17. The maximum Gasteiger partial charge on any atom is 0.258 e. The summed E-state index contributed by atoms with van der Waals surface area (Å²) in [7, 11) is 0. The van der Waals surface area contributed by atoms with E-state index in [2.05, 4.69) is 51.8 Å². The van der Waals surface area contributed by atoms with E-state index in [-0.39, 0.29) is 5.56 Å². The van der Waals surface area contributed by atoms with Gasteiger partial charge in [0.2, 0.25) is 0 Å². The molecule has 31 heavy (non-hydrogen) atoms. The van der Waals surface area contributed by atoms with Crippen molar-refractivity contribution >= 4 is 28.1 Å². The van der Waals surface area contributed by atoms with Crippen molar-refractivity contribution < 1.29 is 0 Å². The molecule has 2 aromatic carbocycles. The molecule has 3 aromatic heterocycles. The summed E-state index contributed by atoms with van der Waals surface area (Å²) in [5.74, 6) is 1.31. The number of aryl methyl sites for hydroxylation is 2. The number of thioether (sulfide) groups is 1. The summed E-state index contributed by atoms with van der Waals surface area (Å²) in [5.41, 5.74) is 5.11. The quantitative estimate of drug-likeness (QED) is 0.360. The lowest BCUT2D eigenvalue weighted by Crippen LogP contribution is -2.12. The number of hydrogen-bond donors (Lipinski definition) is 0. The molecule has 0 aliphatic rings. The summed E-state index contributed by atoms with van der Waals surface area (Å²) in [6.45, 7) is 4.20. The van der Waals surface area contributed by atoms with E-state index in [9.17, 15) is 4.79 Å². The molecule has 0 radical (unpaired) electrons. The van der Waals surface area contributed by atoms with Crippen LogP contribution in [0, 0.1) is 13.8 Å². The van der Waals surface area contributed by atoms with Gasteiger partial charge in [-0.25, -0.2) is 4.98 Å². The molecular weight excluding hydrogens is 426 g/mol. The number of aromatic nitrogens is 5. The molecule has 0 unspecified atom stereocenters. The predicted molar refractivity (Wildman–Crippen MR) is 125 cm³/mol. The van der Waals surface area contributed by atoms with Crippen LogP contribution in [0.4, 0.5) is 0 Å². The molecule has 0 aliphatic carbocycles. The average molecular weight is 446 g/mol. The zero-order valence-electron chi connectivity index (χ0n) is 17.0. The SMILES string of the molecule is Cc1ccc(-n2c(SCc3cc(=O)n4ccsc4n3)nnc2-c2ccccc2)cc1C. The van der Waals surface area contributed by atoms with Crippen molar-refractivity contribution in [3.8, 4) is 17.1 Å². The molecule has 154 valence electrons. The molecule has 5 rings (SSSR count). The largest absolute Gasteiger partial charge is 0.270 e. The molecule has 0 aliphatic heterocycles. The summed E-state index contributed by atoms with van der Waals surface area (Å²) >= 11 is 2.97. The fourth-order valence-electron chi connectivity index (χ4n) is 3.34. The van der Waals surface area contributed by atoms with Crippen LogP contribution in [0.1, 0.15) is 16.8 Å². The minimum absolute atomic E-state index is 0.0672. The summed E-state index contributed by atoms with van der Waals surface area (Å²) < 4.78 is 3.63. The highest BCUT2D eigenvalue weighted by Crippen LogP contribution is 2.30. The zero-order chi connectivity index (χ0) is 21.4. The van der Waals surface area contributed by atoms with Gasteiger partial charge in [0.15, 0.2) is 15.9 Å². The molecule has 8 heteroatoms. The third-order valence-corrected chi connectivity index (χ3v) is 6.84. The highest BCUT2D eigenvalue weighted by molar-refractivity contribution is 7.98. The molecule has 0 spiro atoms. The first kappa shape index (κ1) is 19.7. The van der Waals surface area contributed by atoms with E-state index in [0.29, 0.717) is 10.7 Å². The van der Waals surface area contributed by atoms with Crippen LogP contribution < -0.4 is 5.56 Å². The maximum atomic E-state index is 12.3. The Morgan fingerprint density at radius 1 is 1.00 bits per heavy atom. The van der Waals surface area contributed by atoms with Crippen LogP contribution in [-0.4, -0.2) is 24.1 Å². The Bertz CT molecular complexity index is 1440.